The number of rotatable bonds is 4. The van der Waals surface area contributed by atoms with Crippen molar-refractivity contribution in [3.05, 3.63) is 0 Å². The molecule has 0 heterocycles. The molecule has 10 heavy (non-hydrogen) atoms. The van der Waals surface area contributed by atoms with Crippen LogP contribution in [0.5, 0.6) is 0 Å². The number of hydrogen-bond acceptors (Lipinski definition) is 1. The summed E-state index contributed by atoms with van der Waals surface area (Å²) < 4.78 is 0.00347. The third-order valence-electron chi connectivity index (χ3n) is 2.07. The molecule has 0 saturated carbocycles. The maximum Gasteiger partial charge on any atom is 0.0746 e. The van der Waals surface area contributed by atoms with Gasteiger partial charge in [0.15, 0.2) is 0 Å². The van der Waals surface area contributed by atoms with E-state index in [1.54, 1.807) is 0 Å². The molecule has 0 aromatic carbocycles. The minimum absolute atomic E-state index is 0.00347. The van der Waals surface area contributed by atoms with Crippen LogP contribution in [0.25, 0.3) is 0 Å². The number of alkyl halides is 1. The summed E-state index contributed by atoms with van der Waals surface area (Å²) in [7, 11) is 1.04. The molecule has 1 nitrogen and oxygen atoms in total. The molecule has 3 heteroatoms. The molecule has 62 valence electrons. The van der Waals surface area contributed by atoms with Gasteiger partial charge in [-0.1, -0.05) is 20.8 Å². The average Bonchev–Trinajstić information content (AvgIpc) is 1.90. The van der Waals surface area contributed by atoms with E-state index in [2.05, 4.69) is 25.7 Å². The fourth-order valence-electron chi connectivity index (χ4n) is 1.11. The molecule has 0 aliphatic heterocycles. The minimum Gasteiger partial charge on any atom is -0.289 e. The predicted molar refractivity (Wildman–Crippen MR) is 51.7 cm³/mol. The molecule has 0 fully saturated rings. The lowest BCUT2D eigenvalue weighted by Crippen LogP contribution is -2.43. The van der Waals surface area contributed by atoms with Gasteiger partial charge < -0.3 is 0 Å². The van der Waals surface area contributed by atoms with Crippen LogP contribution in [0.4, 0.5) is 0 Å². The molecule has 0 radical (unpaired) electrons. The first-order chi connectivity index (χ1) is 4.58. The maximum atomic E-state index is 6.27. The molecule has 0 aliphatic rings. The first-order valence-corrected chi connectivity index (χ1v) is 5.40. The molecule has 1 unspecified atom stereocenters. The van der Waals surface area contributed by atoms with E-state index in [4.69, 9.17) is 11.6 Å². The summed E-state index contributed by atoms with van der Waals surface area (Å²) in [5.41, 5.74) is 0. The van der Waals surface area contributed by atoms with Crippen LogP contribution in [0.2, 0.25) is 0 Å². The zero-order valence-corrected chi connectivity index (χ0v) is 10.2. The van der Waals surface area contributed by atoms with Gasteiger partial charge in [-0.15, -0.1) is 11.6 Å². The van der Waals surface area contributed by atoms with E-state index in [1.165, 1.54) is 0 Å². The van der Waals surface area contributed by atoms with Crippen LogP contribution in [0.1, 0.15) is 27.2 Å². The monoisotopic (exact) mass is 179 g/mol. The molecule has 0 rings (SSSR count). The Morgan fingerprint density at radius 2 is 1.70 bits per heavy atom. The van der Waals surface area contributed by atoms with Crippen molar-refractivity contribution in [1.29, 1.82) is 0 Å². The summed E-state index contributed by atoms with van der Waals surface area (Å²) in [5, 5.41) is 0. The SMILES string of the molecule is CCN(CC)C([SiH3])(Cl)CC. The third kappa shape index (κ3) is 2.60. The minimum atomic E-state index is 0.00347. The van der Waals surface area contributed by atoms with E-state index >= 15 is 0 Å². The van der Waals surface area contributed by atoms with Crippen LogP contribution < -0.4 is 0 Å². The second-order valence-electron chi connectivity index (χ2n) is 2.67. The fraction of sp³-hybridized carbons (Fsp3) is 1.00. The Balaban J connectivity index is 3.97. The predicted octanol–water partition coefficient (Wildman–Crippen LogP) is 0.996. The highest BCUT2D eigenvalue weighted by atomic mass is 35.5. The average molecular weight is 180 g/mol. The van der Waals surface area contributed by atoms with Crippen LogP contribution in [-0.2, 0) is 0 Å². The van der Waals surface area contributed by atoms with Gasteiger partial charge in [-0.2, -0.15) is 0 Å². The van der Waals surface area contributed by atoms with Crippen molar-refractivity contribution >= 4 is 21.8 Å². The Bertz CT molecular complexity index is 91.6. The van der Waals surface area contributed by atoms with E-state index < -0.39 is 0 Å². The summed E-state index contributed by atoms with van der Waals surface area (Å²) in [6.07, 6.45) is 1.06. The van der Waals surface area contributed by atoms with Gasteiger partial charge in [0.05, 0.1) is 4.62 Å². The van der Waals surface area contributed by atoms with Crippen molar-refractivity contribution in [3.63, 3.8) is 0 Å². The molecule has 0 aliphatic carbocycles. The fourth-order valence-corrected chi connectivity index (χ4v) is 1.98. The Hall–Kier alpha value is 0.467. The lowest BCUT2D eigenvalue weighted by Gasteiger charge is -2.34. The largest absolute Gasteiger partial charge is 0.289 e. The Kier molecular flexibility index (Phi) is 4.57. The second-order valence-corrected chi connectivity index (χ2v) is 5.77. The van der Waals surface area contributed by atoms with Crippen LogP contribution in [0.15, 0.2) is 0 Å². The molecule has 1 atom stereocenters. The lowest BCUT2D eigenvalue weighted by molar-refractivity contribution is 0.242. The summed E-state index contributed by atoms with van der Waals surface area (Å²) in [6.45, 7) is 8.61. The van der Waals surface area contributed by atoms with Crippen LogP contribution >= 0.6 is 11.6 Å². The van der Waals surface area contributed by atoms with Crippen molar-refractivity contribution in [1.82, 2.24) is 4.90 Å². The number of halogens is 1. The van der Waals surface area contributed by atoms with Crippen molar-refractivity contribution in [2.24, 2.45) is 0 Å². The summed E-state index contributed by atoms with van der Waals surface area (Å²) >= 11 is 6.27. The normalized spacial score (nSPS) is 17.7. The summed E-state index contributed by atoms with van der Waals surface area (Å²) in [6, 6.07) is 0. The van der Waals surface area contributed by atoms with E-state index in [0.717, 1.165) is 29.8 Å². The second kappa shape index (κ2) is 4.37. The highest BCUT2D eigenvalue weighted by molar-refractivity contribution is 6.44. The molecule has 0 saturated heterocycles. The Morgan fingerprint density at radius 1 is 1.30 bits per heavy atom. The standard InChI is InChI=1S/C7H18ClNSi/c1-4-7(8,10)9(5-2)6-3/h4-6H2,1-3,10H3. The first-order valence-electron chi connectivity index (χ1n) is 4.02. The number of nitrogens with zero attached hydrogens (tertiary/aromatic N) is 1. The van der Waals surface area contributed by atoms with E-state index in [-0.39, 0.29) is 4.62 Å². The van der Waals surface area contributed by atoms with Crippen molar-refractivity contribution in [2.75, 3.05) is 13.1 Å². The lowest BCUT2D eigenvalue weighted by atomic mass is 10.4. The van der Waals surface area contributed by atoms with Gasteiger partial charge in [-0.3, -0.25) is 4.90 Å². The van der Waals surface area contributed by atoms with Gasteiger partial charge in [0, 0.05) is 10.2 Å². The van der Waals surface area contributed by atoms with E-state index in [1.807, 2.05) is 0 Å². The molecule has 0 amide bonds. The van der Waals surface area contributed by atoms with E-state index in [0.29, 0.717) is 0 Å². The van der Waals surface area contributed by atoms with Crippen molar-refractivity contribution in [2.45, 2.75) is 31.8 Å². The quantitative estimate of drug-likeness (QED) is 0.354. The smallest absolute Gasteiger partial charge is 0.0746 e. The highest BCUT2D eigenvalue weighted by Gasteiger charge is 2.23. The van der Waals surface area contributed by atoms with Gasteiger partial charge in [0.25, 0.3) is 0 Å². The van der Waals surface area contributed by atoms with Gasteiger partial charge >= 0.3 is 0 Å². The van der Waals surface area contributed by atoms with Crippen LogP contribution in [0, 0.1) is 0 Å². The van der Waals surface area contributed by atoms with Crippen LogP contribution in [-0.4, -0.2) is 32.9 Å². The van der Waals surface area contributed by atoms with Gasteiger partial charge in [0.2, 0.25) is 0 Å². The third-order valence-corrected chi connectivity index (χ3v) is 3.91. The molecule has 0 bridgehead atoms. The number of hydrogen-bond donors (Lipinski definition) is 0. The van der Waals surface area contributed by atoms with Crippen LogP contribution in [0.3, 0.4) is 0 Å². The zero-order valence-electron chi connectivity index (χ0n) is 7.45. The zero-order chi connectivity index (χ0) is 8.20. The molecular weight excluding hydrogens is 162 g/mol. The van der Waals surface area contributed by atoms with Crippen molar-refractivity contribution < 1.29 is 0 Å². The van der Waals surface area contributed by atoms with Gasteiger partial charge in [0.1, 0.15) is 0 Å². The molecule has 0 N–H and O–H groups in total. The Labute approximate surface area is 72.2 Å². The summed E-state index contributed by atoms with van der Waals surface area (Å²) in [5.74, 6) is 0. The van der Waals surface area contributed by atoms with E-state index in [9.17, 15) is 0 Å². The molecule has 0 aromatic heterocycles. The highest BCUT2D eigenvalue weighted by Crippen LogP contribution is 2.19. The molecule has 0 aromatic rings. The topological polar surface area (TPSA) is 3.24 Å². The van der Waals surface area contributed by atoms with Gasteiger partial charge in [-0.25, -0.2) is 0 Å². The molecule has 0 spiro atoms. The Morgan fingerprint density at radius 3 is 1.80 bits per heavy atom. The molecular formula is C7H18ClNSi. The van der Waals surface area contributed by atoms with Crippen molar-refractivity contribution in [3.8, 4) is 0 Å². The maximum absolute atomic E-state index is 6.27. The first kappa shape index (κ1) is 10.5. The summed E-state index contributed by atoms with van der Waals surface area (Å²) in [4.78, 5) is 2.32. The van der Waals surface area contributed by atoms with Gasteiger partial charge in [-0.05, 0) is 19.5 Å².